The number of thiazole rings is 1. The molecule has 0 amide bonds. The third-order valence-corrected chi connectivity index (χ3v) is 4.75. The van der Waals surface area contributed by atoms with E-state index in [1.165, 1.54) is 23.5 Å². The van der Waals surface area contributed by atoms with Crippen molar-refractivity contribution in [1.29, 1.82) is 0 Å². The number of rotatable bonds is 3. The van der Waals surface area contributed by atoms with Gasteiger partial charge < -0.3 is 5.32 Å². The second-order valence-electron chi connectivity index (χ2n) is 5.19. The Morgan fingerprint density at radius 2 is 1.86 bits per heavy atom. The van der Waals surface area contributed by atoms with E-state index in [1.54, 1.807) is 0 Å². The van der Waals surface area contributed by atoms with E-state index in [1.807, 2.05) is 5.38 Å². The highest BCUT2D eigenvalue weighted by Gasteiger charge is 2.21. The molecular formula is C15H17F2N3S. The van der Waals surface area contributed by atoms with Crippen LogP contribution in [0.2, 0.25) is 0 Å². The van der Waals surface area contributed by atoms with Crippen LogP contribution in [0.4, 0.5) is 8.78 Å². The monoisotopic (exact) mass is 309 g/mol. The molecule has 6 heteroatoms. The van der Waals surface area contributed by atoms with Crippen LogP contribution in [0.3, 0.4) is 0 Å². The predicted molar refractivity (Wildman–Crippen MR) is 80.3 cm³/mol. The van der Waals surface area contributed by atoms with Gasteiger partial charge in [0.1, 0.15) is 16.6 Å². The lowest BCUT2D eigenvalue weighted by atomic mass is 10.1. The third kappa shape index (κ3) is 3.28. The van der Waals surface area contributed by atoms with E-state index in [0.717, 1.165) is 37.3 Å². The minimum atomic E-state index is -0.574. The first-order valence-electron chi connectivity index (χ1n) is 7.00. The van der Waals surface area contributed by atoms with Gasteiger partial charge in [0.25, 0.3) is 0 Å². The van der Waals surface area contributed by atoms with Crippen LogP contribution in [0.5, 0.6) is 0 Å². The van der Waals surface area contributed by atoms with Gasteiger partial charge in [-0.1, -0.05) is 0 Å². The molecule has 1 N–H and O–H groups in total. The van der Waals surface area contributed by atoms with E-state index < -0.39 is 11.6 Å². The highest BCUT2D eigenvalue weighted by atomic mass is 32.1. The van der Waals surface area contributed by atoms with Crippen LogP contribution in [0.1, 0.15) is 18.0 Å². The normalized spacial score (nSPS) is 17.9. The summed E-state index contributed by atoms with van der Waals surface area (Å²) in [5, 5.41) is 6.17. The van der Waals surface area contributed by atoms with Crippen molar-refractivity contribution < 1.29 is 8.78 Å². The number of aromatic nitrogens is 1. The first-order chi connectivity index (χ1) is 10.1. The number of hydrogen-bond donors (Lipinski definition) is 1. The zero-order valence-corrected chi connectivity index (χ0v) is 12.6. The van der Waals surface area contributed by atoms with Gasteiger partial charge in [-0.15, -0.1) is 11.3 Å². The van der Waals surface area contributed by atoms with Crippen LogP contribution in [0.15, 0.2) is 23.6 Å². The third-order valence-electron chi connectivity index (χ3n) is 3.74. The van der Waals surface area contributed by atoms with Crippen LogP contribution >= 0.6 is 11.3 Å². The minimum Gasteiger partial charge on any atom is -0.314 e. The van der Waals surface area contributed by atoms with Gasteiger partial charge in [0.15, 0.2) is 0 Å². The first-order valence-corrected chi connectivity index (χ1v) is 7.88. The van der Waals surface area contributed by atoms with E-state index in [4.69, 9.17) is 0 Å². The number of benzene rings is 1. The standard InChI is InChI=1S/C15H17F2N3S/c1-10(20-4-2-18-3-5-20)15-19-14(9-21-15)11-6-12(16)8-13(17)7-11/h6-10,18H,2-5H2,1H3. The summed E-state index contributed by atoms with van der Waals surface area (Å²) >= 11 is 1.54. The Labute approximate surface area is 126 Å². The fourth-order valence-electron chi connectivity index (χ4n) is 2.54. The van der Waals surface area contributed by atoms with Crippen LogP contribution in [0, 0.1) is 11.6 Å². The summed E-state index contributed by atoms with van der Waals surface area (Å²) in [6.07, 6.45) is 0. The summed E-state index contributed by atoms with van der Waals surface area (Å²) in [6.45, 7) is 6.07. The molecule has 1 aromatic carbocycles. The number of nitrogens with one attached hydrogen (secondary N) is 1. The molecule has 112 valence electrons. The fraction of sp³-hybridized carbons (Fsp3) is 0.400. The molecule has 0 saturated carbocycles. The van der Waals surface area contributed by atoms with E-state index in [9.17, 15) is 8.78 Å². The van der Waals surface area contributed by atoms with Gasteiger partial charge in [-0.05, 0) is 19.1 Å². The van der Waals surface area contributed by atoms with Crippen molar-refractivity contribution in [3.63, 3.8) is 0 Å². The number of piperazine rings is 1. The van der Waals surface area contributed by atoms with Gasteiger partial charge in [0, 0.05) is 43.2 Å². The quantitative estimate of drug-likeness (QED) is 0.944. The molecule has 21 heavy (non-hydrogen) atoms. The maximum atomic E-state index is 13.3. The van der Waals surface area contributed by atoms with Crippen molar-refractivity contribution in [2.75, 3.05) is 26.2 Å². The lowest BCUT2D eigenvalue weighted by Gasteiger charge is -2.31. The van der Waals surface area contributed by atoms with E-state index in [-0.39, 0.29) is 6.04 Å². The molecule has 2 heterocycles. The Morgan fingerprint density at radius 1 is 1.19 bits per heavy atom. The molecule has 0 aliphatic carbocycles. The topological polar surface area (TPSA) is 28.2 Å². The van der Waals surface area contributed by atoms with Crippen molar-refractivity contribution in [2.24, 2.45) is 0 Å². The van der Waals surface area contributed by atoms with Crippen LogP contribution < -0.4 is 5.32 Å². The van der Waals surface area contributed by atoms with E-state index in [2.05, 4.69) is 22.1 Å². The average molecular weight is 309 g/mol. The van der Waals surface area contributed by atoms with Gasteiger partial charge in [-0.2, -0.15) is 0 Å². The molecule has 2 aromatic rings. The Morgan fingerprint density at radius 3 is 2.52 bits per heavy atom. The van der Waals surface area contributed by atoms with Crippen molar-refractivity contribution in [2.45, 2.75) is 13.0 Å². The maximum Gasteiger partial charge on any atom is 0.126 e. The lowest BCUT2D eigenvalue weighted by molar-refractivity contribution is 0.185. The van der Waals surface area contributed by atoms with Gasteiger partial charge >= 0.3 is 0 Å². The zero-order valence-electron chi connectivity index (χ0n) is 11.8. The van der Waals surface area contributed by atoms with Crippen LogP contribution in [-0.4, -0.2) is 36.1 Å². The summed E-state index contributed by atoms with van der Waals surface area (Å²) in [6, 6.07) is 3.74. The smallest absolute Gasteiger partial charge is 0.126 e. The van der Waals surface area contributed by atoms with E-state index >= 15 is 0 Å². The lowest BCUT2D eigenvalue weighted by Crippen LogP contribution is -2.44. The second kappa shape index (κ2) is 6.17. The summed E-state index contributed by atoms with van der Waals surface area (Å²) in [7, 11) is 0. The molecule has 1 aliphatic heterocycles. The molecular weight excluding hydrogens is 292 g/mol. The molecule has 1 unspecified atom stereocenters. The Kier molecular flexibility index (Phi) is 4.28. The molecule has 0 spiro atoms. The van der Waals surface area contributed by atoms with Crippen LogP contribution in [-0.2, 0) is 0 Å². The molecule has 1 saturated heterocycles. The molecule has 1 fully saturated rings. The summed E-state index contributed by atoms with van der Waals surface area (Å²) in [5.74, 6) is -1.15. The summed E-state index contributed by atoms with van der Waals surface area (Å²) in [4.78, 5) is 6.93. The molecule has 3 rings (SSSR count). The summed E-state index contributed by atoms with van der Waals surface area (Å²) in [5.41, 5.74) is 1.12. The summed E-state index contributed by atoms with van der Waals surface area (Å²) < 4.78 is 26.6. The van der Waals surface area contributed by atoms with Crippen LogP contribution in [0.25, 0.3) is 11.3 Å². The SMILES string of the molecule is CC(c1nc(-c2cc(F)cc(F)c2)cs1)N1CCNCC1. The van der Waals surface area contributed by atoms with Crippen molar-refractivity contribution in [1.82, 2.24) is 15.2 Å². The minimum absolute atomic E-state index is 0.226. The number of hydrogen-bond acceptors (Lipinski definition) is 4. The highest BCUT2D eigenvalue weighted by molar-refractivity contribution is 7.10. The molecule has 0 radical (unpaired) electrons. The number of halogens is 2. The first kappa shape index (κ1) is 14.6. The predicted octanol–water partition coefficient (Wildman–Crippen LogP) is 3.05. The fourth-order valence-corrected chi connectivity index (χ4v) is 3.46. The zero-order chi connectivity index (χ0) is 14.8. The van der Waals surface area contributed by atoms with Gasteiger partial charge in [0.2, 0.25) is 0 Å². The van der Waals surface area contributed by atoms with Crippen molar-refractivity contribution >= 4 is 11.3 Å². The van der Waals surface area contributed by atoms with Gasteiger partial charge in [-0.25, -0.2) is 13.8 Å². The molecule has 1 aromatic heterocycles. The van der Waals surface area contributed by atoms with Crippen molar-refractivity contribution in [3.8, 4) is 11.3 Å². The molecule has 1 aliphatic rings. The average Bonchev–Trinajstić information content (AvgIpc) is 2.96. The number of nitrogens with zero attached hydrogens (tertiary/aromatic N) is 2. The highest BCUT2D eigenvalue weighted by Crippen LogP contribution is 2.29. The molecule has 3 nitrogen and oxygen atoms in total. The Balaban J connectivity index is 1.82. The van der Waals surface area contributed by atoms with Gasteiger partial charge in [-0.3, -0.25) is 4.90 Å². The largest absolute Gasteiger partial charge is 0.314 e. The molecule has 0 bridgehead atoms. The van der Waals surface area contributed by atoms with Crippen molar-refractivity contribution in [3.05, 3.63) is 40.2 Å². The van der Waals surface area contributed by atoms with E-state index in [0.29, 0.717) is 11.3 Å². The Bertz CT molecular complexity index is 603. The van der Waals surface area contributed by atoms with Gasteiger partial charge in [0.05, 0.1) is 11.7 Å². The Hall–Kier alpha value is -1.37. The molecule has 1 atom stereocenters. The second-order valence-corrected chi connectivity index (χ2v) is 6.08. The maximum absolute atomic E-state index is 13.3.